The summed E-state index contributed by atoms with van der Waals surface area (Å²) in [5.74, 6) is 0.762. The second-order valence-electron chi connectivity index (χ2n) is 3.97. The van der Waals surface area contributed by atoms with Crippen LogP contribution in [0.15, 0.2) is 23.4 Å². The summed E-state index contributed by atoms with van der Waals surface area (Å²) < 4.78 is 33.2. The molecular weight excluding hydrogens is 284 g/mol. The van der Waals surface area contributed by atoms with Crippen molar-refractivity contribution in [3.8, 4) is 11.5 Å². The van der Waals surface area contributed by atoms with Gasteiger partial charge in [0.25, 0.3) is 0 Å². The zero-order valence-corrected chi connectivity index (χ0v) is 12.2. The summed E-state index contributed by atoms with van der Waals surface area (Å²) in [6.45, 7) is 1.61. The Hall–Kier alpha value is -1.96. The monoisotopic (exact) mass is 302 g/mol. The van der Waals surface area contributed by atoms with Crippen LogP contribution in [-0.2, 0) is 9.84 Å². The Kier molecular flexibility index (Phi) is 5.63. The molecule has 3 N–H and O–H groups in total. The third kappa shape index (κ3) is 4.61. The van der Waals surface area contributed by atoms with Crippen LogP contribution in [-0.4, -0.2) is 44.7 Å². The van der Waals surface area contributed by atoms with E-state index < -0.39 is 9.84 Å². The Morgan fingerprint density at radius 1 is 1.35 bits per heavy atom. The van der Waals surface area contributed by atoms with Crippen LogP contribution < -0.4 is 15.2 Å². The lowest BCUT2D eigenvalue weighted by Gasteiger charge is -2.10. The van der Waals surface area contributed by atoms with Crippen molar-refractivity contribution in [2.75, 3.05) is 25.2 Å². The fraction of sp³-hybridized carbons (Fsp3) is 0.417. The minimum Gasteiger partial charge on any atom is -0.497 e. The quantitative estimate of drug-likeness (QED) is 0.330. The molecule has 20 heavy (non-hydrogen) atoms. The van der Waals surface area contributed by atoms with Crippen LogP contribution in [0.3, 0.4) is 0 Å². The molecule has 0 aromatic heterocycles. The molecule has 0 bridgehead atoms. The van der Waals surface area contributed by atoms with Crippen molar-refractivity contribution in [1.29, 1.82) is 0 Å². The SMILES string of the molecule is CCS(=O)(=O)CCOc1cc(OC)cc(/C(N)=N/O)c1. The van der Waals surface area contributed by atoms with Gasteiger partial charge in [0.1, 0.15) is 18.1 Å². The highest BCUT2D eigenvalue weighted by Gasteiger charge is 2.09. The van der Waals surface area contributed by atoms with E-state index in [1.54, 1.807) is 19.1 Å². The van der Waals surface area contributed by atoms with Crippen molar-refractivity contribution in [3.63, 3.8) is 0 Å². The van der Waals surface area contributed by atoms with E-state index >= 15 is 0 Å². The van der Waals surface area contributed by atoms with Gasteiger partial charge in [-0.25, -0.2) is 8.42 Å². The van der Waals surface area contributed by atoms with Crippen LogP contribution in [0.4, 0.5) is 0 Å². The second kappa shape index (κ2) is 6.99. The average Bonchev–Trinajstić information content (AvgIpc) is 2.45. The van der Waals surface area contributed by atoms with E-state index in [1.807, 2.05) is 0 Å². The summed E-state index contributed by atoms with van der Waals surface area (Å²) in [6, 6.07) is 4.70. The van der Waals surface area contributed by atoms with Crippen LogP contribution in [0.25, 0.3) is 0 Å². The van der Waals surface area contributed by atoms with Crippen molar-refractivity contribution in [2.45, 2.75) is 6.92 Å². The third-order valence-electron chi connectivity index (χ3n) is 2.62. The highest BCUT2D eigenvalue weighted by atomic mass is 32.2. The molecule has 0 fully saturated rings. The van der Waals surface area contributed by atoms with Gasteiger partial charge in [0, 0.05) is 17.4 Å². The smallest absolute Gasteiger partial charge is 0.170 e. The molecule has 0 saturated heterocycles. The van der Waals surface area contributed by atoms with Gasteiger partial charge in [0.2, 0.25) is 0 Å². The molecule has 0 aliphatic rings. The Balaban J connectivity index is 2.85. The number of nitrogens with two attached hydrogens (primary N) is 1. The van der Waals surface area contributed by atoms with Gasteiger partial charge in [-0.05, 0) is 12.1 Å². The van der Waals surface area contributed by atoms with Gasteiger partial charge < -0.3 is 20.4 Å². The summed E-state index contributed by atoms with van der Waals surface area (Å²) in [4.78, 5) is 0. The standard InChI is InChI=1S/C12H18N2O5S/c1-3-20(16,17)5-4-19-11-7-9(12(13)14-15)6-10(8-11)18-2/h6-8,15H,3-5H2,1-2H3,(H2,13,14). The van der Waals surface area contributed by atoms with E-state index in [0.29, 0.717) is 17.1 Å². The number of hydrogen-bond donors (Lipinski definition) is 2. The van der Waals surface area contributed by atoms with E-state index in [1.165, 1.54) is 13.2 Å². The fourth-order valence-corrected chi connectivity index (χ4v) is 2.04. The summed E-state index contributed by atoms with van der Waals surface area (Å²) in [6.07, 6.45) is 0. The van der Waals surface area contributed by atoms with E-state index in [-0.39, 0.29) is 23.9 Å². The Labute approximate surface area is 117 Å². The zero-order valence-electron chi connectivity index (χ0n) is 11.4. The molecule has 0 aliphatic carbocycles. The Morgan fingerprint density at radius 2 is 2.00 bits per heavy atom. The molecule has 0 unspecified atom stereocenters. The van der Waals surface area contributed by atoms with Crippen LogP contribution in [0, 0.1) is 0 Å². The molecule has 1 rings (SSSR count). The summed E-state index contributed by atoms with van der Waals surface area (Å²) >= 11 is 0. The predicted molar refractivity (Wildman–Crippen MR) is 75.3 cm³/mol. The molecule has 112 valence electrons. The maximum Gasteiger partial charge on any atom is 0.170 e. The van der Waals surface area contributed by atoms with Crippen LogP contribution in [0.2, 0.25) is 0 Å². The van der Waals surface area contributed by atoms with Gasteiger partial charge in [0.05, 0.1) is 12.9 Å². The normalized spacial score (nSPS) is 12.2. The molecule has 0 atom stereocenters. The molecule has 1 aromatic carbocycles. The average molecular weight is 302 g/mol. The molecule has 8 heteroatoms. The first-order valence-electron chi connectivity index (χ1n) is 5.92. The minimum atomic E-state index is -3.08. The molecule has 0 saturated carbocycles. The number of rotatable bonds is 7. The van der Waals surface area contributed by atoms with E-state index in [0.717, 1.165) is 0 Å². The molecule has 0 aliphatic heterocycles. The van der Waals surface area contributed by atoms with E-state index in [4.69, 9.17) is 20.4 Å². The number of amidine groups is 1. The van der Waals surface area contributed by atoms with Gasteiger partial charge in [-0.1, -0.05) is 12.1 Å². The molecule has 7 nitrogen and oxygen atoms in total. The van der Waals surface area contributed by atoms with Crippen molar-refractivity contribution < 1.29 is 23.1 Å². The zero-order chi connectivity index (χ0) is 15.2. The van der Waals surface area contributed by atoms with Gasteiger partial charge in [-0.15, -0.1) is 0 Å². The highest BCUT2D eigenvalue weighted by Crippen LogP contribution is 2.22. The second-order valence-corrected chi connectivity index (χ2v) is 6.44. The number of nitrogens with zero attached hydrogens (tertiary/aromatic N) is 1. The number of ether oxygens (including phenoxy) is 2. The fourth-order valence-electron chi connectivity index (χ4n) is 1.41. The number of methoxy groups -OCH3 is 1. The summed E-state index contributed by atoms with van der Waals surface area (Å²) in [7, 11) is -1.61. The van der Waals surface area contributed by atoms with Gasteiger partial charge in [0.15, 0.2) is 15.7 Å². The predicted octanol–water partition coefficient (Wildman–Crippen LogP) is 0.603. The minimum absolute atomic E-state index is 0.0267. The topological polar surface area (TPSA) is 111 Å². The van der Waals surface area contributed by atoms with Crippen molar-refractivity contribution in [2.24, 2.45) is 10.9 Å². The number of benzene rings is 1. The maximum atomic E-state index is 11.4. The lowest BCUT2D eigenvalue weighted by molar-refractivity contribution is 0.318. The van der Waals surface area contributed by atoms with Crippen LogP contribution in [0.5, 0.6) is 11.5 Å². The van der Waals surface area contributed by atoms with Crippen LogP contribution >= 0.6 is 0 Å². The number of hydrogen-bond acceptors (Lipinski definition) is 6. The maximum absolute atomic E-state index is 11.4. The Bertz CT molecular complexity index is 584. The lowest BCUT2D eigenvalue weighted by atomic mass is 10.2. The first kappa shape index (κ1) is 16.1. The van der Waals surface area contributed by atoms with Gasteiger partial charge >= 0.3 is 0 Å². The van der Waals surface area contributed by atoms with Crippen molar-refractivity contribution in [1.82, 2.24) is 0 Å². The van der Waals surface area contributed by atoms with Crippen molar-refractivity contribution >= 4 is 15.7 Å². The van der Waals surface area contributed by atoms with E-state index in [9.17, 15) is 8.42 Å². The van der Waals surface area contributed by atoms with Crippen molar-refractivity contribution in [3.05, 3.63) is 23.8 Å². The first-order valence-corrected chi connectivity index (χ1v) is 7.74. The number of oxime groups is 1. The molecule has 0 amide bonds. The summed E-state index contributed by atoms with van der Waals surface area (Å²) in [5, 5.41) is 11.6. The molecule has 0 heterocycles. The first-order chi connectivity index (χ1) is 9.41. The van der Waals surface area contributed by atoms with Gasteiger partial charge in [-0.3, -0.25) is 0 Å². The molecule has 0 spiro atoms. The molecular formula is C12H18N2O5S. The lowest BCUT2D eigenvalue weighted by Crippen LogP contribution is -2.16. The van der Waals surface area contributed by atoms with E-state index in [2.05, 4.69) is 5.16 Å². The Morgan fingerprint density at radius 3 is 2.55 bits per heavy atom. The summed E-state index contributed by atoms with van der Waals surface area (Å²) in [5.41, 5.74) is 5.92. The van der Waals surface area contributed by atoms with Crippen LogP contribution in [0.1, 0.15) is 12.5 Å². The number of sulfone groups is 1. The van der Waals surface area contributed by atoms with Gasteiger partial charge in [-0.2, -0.15) is 0 Å². The molecule has 0 radical (unpaired) electrons. The highest BCUT2D eigenvalue weighted by molar-refractivity contribution is 7.91. The largest absolute Gasteiger partial charge is 0.497 e. The third-order valence-corrected chi connectivity index (χ3v) is 4.29. The molecule has 1 aromatic rings.